The normalized spacial score (nSPS) is 19.4. The molecule has 0 aromatic carbocycles. The second kappa shape index (κ2) is 4.39. The molecule has 9 heteroatoms. The lowest BCUT2D eigenvalue weighted by molar-refractivity contribution is 0.136. The molecule has 8 nitrogen and oxygen atoms in total. The number of nitrogens with two attached hydrogens (primary N) is 1. The highest BCUT2D eigenvalue weighted by atomic mass is 32.2. The van der Waals surface area contributed by atoms with E-state index in [2.05, 4.69) is 9.97 Å². The maximum Gasteiger partial charge on any atom is 0.425 e. The van der Waals surface area contributed by atoms with Gasteiger partial charge in [0.1, 0.15) is 0 Å². The standard InChI is InChI=1S/C11H10N4O4S/c12-20(17,18)15-6-10(19-11(15)16)9-4-3-7-8(14-9)2-1-5-13-7/h1-5,10H,6H2,(H2,12,17,18). The Balaban J connectivity index is 1.95. The molecule has 3 rings (SSSR count). The van der Waals surface area contributed by atoms with Gasteiger partial charge in [-0.1, -0.05) is 0 Å². The topological polar surface area (TPSA) is 115 Å². The zero-order valence-corrected chi connectivity index (χ0v) is 10.9. The number of ether oxygens (including phenoxy) is 1. The fraction of sp³-hybridized carbons (Fsp3) is 0.182. The largest absolute Gasteiger partial charge is 0.437 e. The first-order chi connectivity index (χ1) is 9.45. The summed E-state index contributed by atoms with van der Waals surface area (Å²) in [6, 6.07) is 6.86. The van der Waals surface area contributed by atoms with Gasteiger partial charge in [0.25, 0.3) is 0 Å². The van der Waals surface area contributed by atoms with E-state index in [1.165, 1.54) is 0 Å². The van der Waals surface area contributed by atoms with Crippen LogP contribution >= 0.6 is 0 Å². The summed E-state index contributed by atoms with van der Waals surface area (Å²) in [6.45, 7) is -0.184. The number of rotatable bonds is 2. The average molecular weight is 294 g/mol. The third-order valence-corrected chi connectivity index (χ3v) is 3.81. The van der Waals surface area contributed by atoms with Crippen molar-refractivity contribution in [3.8, 4) is 0 Å². The Kier molecular flexibility index (Phi) is 2.80. The van der Waals surface area contributed by atoms with Crippen molar-refractivity contribution in [1.29, 1.82) is 0 Å². The molecule has 1 unspecified atom stereocenters. The van der Waals surface area contributed by atoms with Gasteiger partial charge in [0.15, 0.2) is 6.10 Å². The van der Waals surface area contributed by atoms with Gasteiger partial charge in [-0.2, -0.15) is 12.7 Å². The lowest BCUT2D eigenvalue weighted by atomic mass is 10.2. The van der Waals surface area contributed by atoms with Crippen LogP contribution in [-0.2, 0) is 14.9 Å². The van der Waals surface area contributed by atoms with Crippen molar-refractivity contribution in [2.45, 2.75) is 6.10 Å². The first-order valence-corrected chi connectivity index (χ1v) is 7.18. The minimum Gasteiger partial charge on any atom is -0.437 e. The minimum atomic E-state index is -4.12. The van der Waals surface area contributed by atoms with Crippen molar-refractivity contribution in [2.24, 2.45) is 5.14 Å². The number of hydrogen-bond acceptors (Lipinski definition) is 6. The van der Waals surface area contributed by atoms with Gasteiger partial charge < -0.3 is 4.74 Å². The molecule has 1 aliphatic rings. The molecular weight excluding hydrogens is 284 g/mol. The highest BCUT2D eigenvalue weighted by Crippen LogP contribution is 2.26. The van der Waals surface area contributed by atoms with E-state index in [1.807, 2.05) is 0 Å². The molecule has 20 heavy (non-hydrogen) atoms. The monoisotopic (exact) mass is 294 g/mol. The predicted molar refractivity (Wildman–Crippen MR) is 68.6 cm³/mol. The van der Waals surface area contributed by atoms with Crippen LogP contribution in [0.15, 0.2) is 30.5 Å². The quantitative estimate of drug-likeness (QED) is 0.853. The van der Waals surface area contributed by atoms with E-state index in [-0.39, 0.29) is 6.54 Å². The Morgan fingerprint density at radius 3 is 2.80 bits per heavy atom. The molecule has 2 aromatic heterocycles. The van der Waals surface area contributed by atoms with Gasteiger partial charge in [-0.05, 0) is 24.3 Å². The maximum absolute atomic E-state index is 11.5. The van der Waals surface area contributed by atoms with E-state index < -0.39 is 22.4 Å². The summed E-state index contributed by atoms with van der Waals surface area (Å²) in [5.41, 5.74) is 1.78. The van der Waals surface area contributed by atoms with Crippen LogP contribution in [0.4, 0.5) is 4.79 Å². The van der Waals surface area contributed by atoms with Gasteiger partial charge in [-0.25, -0.2) is 14.9 Å². The third-order valence-electron chi connectivity index (χ3n) is 2.89. The second-order valence-corrected chi connectivity index (χ2v) is 5.70. The molecular formula is C11H10N4O4S. The summed E-state index contributed by atoms with van der Waals surface area (Å²) in [7, 11) is -4.12. The number of nitrogens with zero attached hydrogens (tertiary/aromatic N) is 3. The second-order valence-electron chi connectivity index (χ2n) is 4.23. The maximum atomic E-state index is 11.5. The Bertz CT molecular complexity index is 792. The molecule has 0 radical (unpaired) electrons. The van der Waals surface area contributed by atoms with Crippen LogP contribution in [-0.4, -0.2) is 35.3 Å². The Morgan fingerprint density at radius 2 is 2.10 bits per heavy atom. The predicted octanol–water partition coefficient (Wildman–Crippen LogP) is 0.327. The number of hydrogen-bond donors (Lipinski definition) is 1. The van der Waals surface area contributed by atoms with E-state index in [0.717, 1.165) is 0 Å². The number of cyclic esters (lactones) is 1. The molecule has 0 bridgehead atoms. The summed E-state index contributed by atoms with van der Waals surface area (Å²) in [5.74, 6) is 0. The molecule has 1 aliphatic heterocycles. The highest BCUT2D eigenvalue weighted by Gasteiger charge is 2.39. The van der Waals surface area contributed by atoms with Crippen LogP contribution in [0, 0.1) is 0 Å². The van der Waals surface area contributed by atoms with Crippen LogP contribution < -0.4 is 5.14 Å². The van der Waals surface area contributed by atoms with Crippen molar-refractivity contribution in [2.75, 3.05) is 6.54 Å². The summed E-state index contributed by atoms with van der Waals surface area (Å²) in [5, 5.41) is 4.93. The summed E-state index contributed by atoms with van der Waals surface area (Å²) in [4.78, 5) is 19.9. The molecule has 1 amide bonds. The highest BCUT2D eigenvalue weighted by molar-refractivity contribution is 7.87. The number of pyridine rings is 2. The Hall–Kier alpha value is -2.26. The fourth-order valence-electron chi connectivity index (χ4n) is 1.96. The van der Waals surface area contributed by atoms with Crippen LogP contribution in [0.25, 0.3) is 11.0 Å². The molecule has 1 saturated heterocycles. The number of fused-ring (bicyclic) bond motifs is 1. The van der Waals surface area contributed by atoms with E-state index in [0.29, 0.717) is 21.0 Å². The Labute approximate surface area is 114 Å². The van der Waals surface area contributed by atoms with Gasteiger partial charge in [0.2, 0.25) is 0 Å². The van der Waals surface area contributed by atoms with Gasteiger partial charge in [0.05, 0.1) is 23.3 Å². The average Bonchev–Trinajstić information content (AvgIpc) is 2.80. The van der Waals surface area contributed by atoms with Crippen LogP contribution in [0.5, 0.6) is 0 Å². The summed E-state index contributed by atoms with van der Waals surface area (Å²) < 4.78 is 27.9. The van der Waals surface area contributed by atoms with Crippen molar-refractivity contribution in [3.63, 3.8) is 0 Å². The molecule has 0 aliphatic carbocycles. The van der Waals surface area contributed by atoms with Crippen LogP contribution in [0.3, 0.4) is 0 Å². The van der Waals surface area contributed by atoms with E-state index in [1.54, 1.807) is 30.5 Å². The third kappa shape index (κ3) is 2.17. The van der Waals surface area contributed by atoms with E-state index in [4.69, 9.17) is 9.88 Å². The molecule has 0 spiro atoms. The molecule has 104 valence electrons. The number of carbonyl (C=O) groups is 1. The minimum absolute atomic E-state index is 0.184. The Morgan fingerprint density at radius 1 is 1.30 bits per heavy atom. The number of carbonyl (C=O) groups excluding carboxylic acids is 1. The van der Waals surface area contributed by atoms with Crippen molar-refractivity contribution >= 4 is 27.3 Å². The molecule has 3 heterocycles. The van der Waals surface area contributed by atoms with Crippen molar-refractivity contribution < 1.29 is 17.9 Å². The fourth-order valence-corrected chi connectivity index (χ4v) is 2.55. The summed E-state index contributed by atoms with van der Waals surface area (Å²) in [6.07, 6.45) is -0.127. The SMILES string of the molecule is NS(=O)(=O)N1CC(c2ccc3ncccc3n2)OC1=O. The number of aromatic nitrogens is 2. The molecule has 0 saturated carbocycles. The first-order valence-electron chi connectivity index (χ1n) is 5.68. The van der Waals surface area contributed by atoms with E-state index >= 15 is 0 Å². The van der Waals surface area contributed by atoms with Crippen LogP contribution in [0.2, 0.25) is 0 Å². The van der Waals surface area contributed by atoms with Crippen LogP contribution in [0.1, 0.15) is 11.8 Å². The number of amides is 1. The van der Waals surface area contributed by atoms with Crippen molar-refractivity contribution in [3.05, 3.63) is 36.2 Å². The first kappa shape index (κ1) is 12.8. The van der Waals surface area contributed by atoms with Gasteiger partial charge in [0, 0.05) is 6.20 Å². The lowest BCUT2D eigenvalue weighted by Crippen LogP contribution is -2.37. The molecule has 2 N–H and O–H groups in total. The van der Waals surface area contributed by atoms with Gasteiger partial charge >= 0.3 is 16.3 Å². The zero-order chi connectivity index (χ0) is 14.3. The molecule has 1 atom stereocenters. The van der Waals surface area contributed by atoms with Crippen molar-refractivity contribution in [1.82, 2.24) is 14.3 Å². The smallest absolute Gasteiger partial charge is 0.425 e. The molecule has 2 aromatic rings. The lowest BCUT2D eigenvalue weighted by Gasteiger charge is -2.09. The van der Waals surface area contributed by atoms with E-state index in [9.17, 15) is 13.2 Å². The zero-order valence-electron chi connectivity index (χ0n) is 10.1. The summed E-state index contributed by atoms with van der Waals surface area (Å²) >= 11 is 0. The van der Waals surface area contributed by atoms with Gasteiger partial charge in [-0.15, -0.1) is 0 Å². The van der Waals surface area contributed by atoms with Gasteiger partial charge in [-0.3, -0.25) is 4.98 Å². The molecule has 1 fully saturated rings.